The zero-order valence-electron chi connectivity index (χ0n) is 11.6. The zero-order chi connectivity index (χ0) is 15.0. The van der Waals surface area contributed by atoms with Crippen molar-refractivity contribution in [2.75, 3.05) is 11.9 Å². The van der Waals surface area contributed by atoms with Gasteiger partial charge in [-0.3, -0.25) is 9.59 Å². The Hall–Kier alpha value is -2.08. The molecule has 0 aliphatic carbocycles. The van der Waals surface area contributed by atoms with Gasteiger partial charge in [0, 0.05) is 0 Å². The van der Waals surface area contributed by atoms with Gasteiger partial charge in [-0.1, -0.05) is 25.5 Å². The third-order valence-electron chi connectivity index (χ3n) is 2.69. The fraction of sp³-hybridized carbons (Fsp3) is 0.429. The van der Waals surface area contributed by atoms with Crippen LogP contribution in [0.3, 0.4) is 0 Å². The quantitative estimate of drug-likeness (QED) is 0.660. The third kappa shape index (κ3) is 5.27. The summed E-state index contributed by atoms with van der Waals surface area (Å²) in [4.78, 5) is 22.5. The molecule has 0 aliphatic heterocycles. The van der Waals surface area contributed by atoms with Gasteiger partial charge in [0.2, 0.25) is 11.8 Å². The largest absolute Gasteiger partial charge is 0.491 e. The molecule has 0 saturated carbocycles. The predicted octanol–water partition coefficient (Wildman–Crippen LogP) is 1.01. The van der Waals surface area contributed by atoms with Crippen molar-refractivity contribution in [3.05, 3.63) is 24.3 Å². The lowest BCUT2D eigenvalue weighted by molar-refractivity contribution is -0.119. The molecule has 20 heavy (non-hydrogen) atoms. The molecule has 1 rings (SSSR count). The van der Waals surface area contributed by atoms with Gasteiger partial charge in [0.1, 0.15) is 5.75 Å². The first-order chi connectivity index (χ1) is 9.54. The Balaban J connectivity index is 2.65. The molecule has 0 radical (unpaired) electrons. The number of carbonyl (C=O) groups excluding carboxylic acids is 2. The summed E-state index contributed by atoms with van der Waals surface area (Å²) < 4.78 is 5.43. The molecule has 0 bridgehead atoms. The minimum Gasteiger partial charge on any atom is -0.491 e. The summed E-state index contributed by atoms with van der Waals surface area (Å²) in [7, 11) is 0. The number of amides is 2. The molecule has 0 unspecified atom stereocenters. The van der Waals surface area contributed by atoms with Crippen LogP contribution in [0.25, 0.3) is 0 Å². The van der Waals surface area contributed by atoms with Gasteiger partial charge >= 0.3 is 0 Å². The van der Waals surface area contributed by atoms with Crippen LogP contribution in [-0.2, 0) is 9.59 Å². The summed E-state index contributed by atoms with van der Waals surface area (Å²) in [5.74, 6) is -0.194. The van der Waals surface area contributed by atoms with Crippen molar-refractivity contribution in [2.45, 2.75) is 32.2 Å². The summed E-state index contributed by atoms with van der Waals surface area (Å²) in [5, 5.41) is 2.73. The zero-order valence-corrected chi connectivity index (χ0v) is 11.6. The number of hydrogen-bond donors (Lipinski definition) is 3. The third-order valence-corrected chi connectivity index (χ3v) is 2.69. The van der Waals surface area contributed by atoms with Crippen molar-refractivity contribution in [3.63, 3.8) is 0 Å². The number of primary amides is 1. The van der Waals surface area contributed by atoms with E-state index in [0.29, 0.717) is 17.9 Å². The van der Waals surface area contributed by atoms with Crippen molar-refractivity contribution in [1.82, 2.24) is 0 Å². The van der Waals surface area contributed by atoms with Crippen molar-refractivity contribution >= 4 is 17.5 Å². The van der Waals surface area contributed by atoms with Gasteiger partial charge in [-0.2, -0.15) is 0 Å². The summed E-state index contributed by atoms with van der Waals surface area (Å²) in [6, 6.07) is 6.44. The molecule has 2 amide bonds. The molecule has 6 nitrogen and oxygen atoms in total. The van der Waals surface area contributed by atoms with Crippen LogP contribution in [0.1, 0.15) is 26.2 Å². The van der Waals surface area contributed by atoms with Gasteiger partial charge in [-0.15, -0.1) is 0 Å². The Labute approximate surface area is 118 Å². The van der Waals surface area contributed by atoms with Crippen LogP contribution in [0.5, 0.6) is 5.75 Å². The minimum absolute atomic E-state index is 0.123. The molecule has 0 aromatic heterocycles. The fourth-order valence-corrected chi connectivity index (χ4v) is 1.62. The lowest BCUT2D eigenvalue weighted by Crippen LogP contribution is -2.35. The Morgan fingerprint density at radius 1 is 1.35 bits per heavy atom. The molecule has 0 fully saturated rings. The number of carbonyl (C=O) groups is 2. The Morgan fingerprint density at radius 3 is 2.70 bits per heavy atom. The maximum Gasteiger partial charge on any atom is 0.241 e. The molecule has 0 aliphatic rings. The highest BCUT2D eigenvalue weighted by Crippen LogP contribution is 2.24. The lowest BCUT2D eigenvalue weighted by Gasteiger charge is -2.14. The van der Waals surface area contributed by atoms with Crippen LogP contribution in [0, 0.1) is 0 Å². The number of nitrogens with two attached hydrogens (primary N) is 2. The van der Waals surface area contributed by atoms with Crippen LogP contribution >= 0.6 is 0 Å². The predicted molar refractivity (Wildman–Crippen MR) is 77.3 cm³/mol. The van der Waals surface area contributed by atoms with E-state index in [1.54, 1.807) is 24.3 Å². The van der Waals surface area contributed by atoms with Crippen molar-refractivity contribution in [3.8, 4) is 5.75 Å². The first kappa shape index (κ1) is 16.0. The maximum absolute atomic E-state index is 11.9. The Bertz CT molecular complexity index is 463. The molecular formula is C14H21N3O3. The summed E-state index contributed by atoms with van der Waals surface area (Å²) in [6.45, 7) is 2.14. The molecule has 1 atom stereocenters. The smallest absolute Gasteiger partial charge is 0.241 e. The standard InChI is InChI=1S/C14H21N3O3/c1-2-5-10(15)14(19)17-11-6-3-4-7-12(11)20-9-8-13(16)18/h3-4,6-7,10H,2,5,8-9,15H2,1H3,(H2,16,18)(H,17,19)/t10-/m0/s1. The average molecular weight is 279 g/mol. The van der Waals surface area contributed by atoms with Gasteiger partial charge in [-0.05, 0) is 18.6 Å². The highest BCUT2D eigenvalue weighted by Gasteiger charge is 2.14. The maximum atomic E-state index is 11.9. The first-order valence-corrected chi connectivity index (χ1v) is 6.61. The molecule has 0 heterocycles. The topological polar surface area (TPSA) is 107 Å². The number of para-hydroxylation sites is 2. The van der Waals surface area contributed by atoms with E-state index in [1.165, 1.54) is 0 Å². The normalized spacial score (nSPS) is 11.7. The van der Waals surface area contributed by atoms with Crippen molar-refractivity contribution < 1.29 is 14.3 Å². The SMILES string of the molecule is CCC[C@H](N)C(=O)Nc1ccccc1OCCC(N)=O. The number of hydrogen-bond acceptors (Lipinski definition) is 4. The molecule has 0 saturated heterocycles. The van der Waals surface area contributed by atoms with Gasteiger partial charge in [0.15, 0.2) is 0 Å². The molecule has 110 valence electrons. The van der Waals surface area contributed by atoms with Crippen LogP contribution in [-0.4, -0.2) is 24.5 Å². The summed E-state index contributed by atoms with van der Waals surface area (Å²) >= 11 is 0. The number of ether oxygens (including phenoxy) is 1. The number of nitrogens with one attached hydrogen (secondary N) is 1. The molecular weight excluding hydrogens is 258 g/mol. The average Bonchev–Trinajstić information content (AvgIpc) is 2.40. The van der Waals surface area contributed by atoms with Crippen LogP contribution < -0.4 is 21.5 Å². The Morgan fingerprint density at radius 2 is 2.05 bits per heavy atom. The number of rotatable bonds is 8. The lowest BCUT2D eigenvalue weighted by atomic mass is 10.1. The second kappa shape index (κ2) is 8.16. The van der Waals surface area contributed by atoms with Crippen LogP contribution in [0.15, 0.2) is 24.3 Å². The highest BCUT2D eigenvalue weighted by atomic mass is 16.5. The molecule has 0 spiro atoms. The molecule has 1 aromatic carbocycles. The van der Waals surface area contributed by atoms with Gasteiger partial charge in [-0.25, -0.2) is 0 Å². The minimum atomic E-state index is -0.543. The first-order valence-electron chi connectivity index (χ1n) is 6.61. The highest BCUT2D eigenvalue weighted by molar-refractivity contribution is 5.95. The summed E-state index contributed by atoms with van der Waals surface area (Å²) in [5.41, 5.74) is 11.3. The van der Waals surface area contributed by atoms with Crippen LogP contribution in [0.2, 0.25) is 0 Å². The van der Waals surface area contributed by atoms with Crippen LogP contribution in [0.4, 0.5) is 5.69 Å². The van der Waals surface area contributed by atoms with Crippen molar-refractivity contribution in [2.24, 2.45) is 11.5 Å². The van der Waals surface area contributed by atoms with Gasteiger partial charge < -0.3 is 21.5 Å². The fourth-order valence-electron chi connectivity index (χ4n) is 1.62. The molecule has 1 aromatic rings. The van der Waals surface area contributed by atoms with Gasteiger partial charge in [0.25, 0.3) is 0 Å². The Kier molecular flexibility index (Phi) is 6.52. The van der Waals surface area contributed by atoms with E-state index in [9.17, 15) is 9.59 Å². The number of anilines is 1. The second-order valence-electron chi connectivity index (χ2n) is 4.45. The van der Waals surface area contributed by atoms with E-state index in [2.05, 4.69) is 5.32 Å². The summed E-state index contributed by atoms with van der Waals surface area (Å²) in [6.07, 6.45) is 1.58. The second-order valence-corrected chi connectivity index (χ2v) is 4.45. The van der Waals surface area contributed by atoms with Gasteiger partial charge in [0.05, 0.1) is 24.8 Å². The van der Waals surface area contributed by atoms with E-state index < -0.39 is 11.9 Å². The van der Waals surface area contributed by atoms with E-state index in [0.717, 1.165) is 6.42 Å². The monoisotopic (exact) mass is 279 g/mol. The van der Waals surface area contributed by atoms with E-state index in [1.807, 2.05) is 6.92 Å². The molecule has 6 heteroatoms. The van der Waals surface area contributed by atoms with E-state index in [4.69, 9.17) is 16.2 Å². The van der Waals surface area contributed by atoms with E-state index >= 15 is 0 Å². The van der Waals surface area contributed by atoms with Crippen molar-refractivity contribution in [1.29, 1.82) is 0 Å². The molecule has 5 N–H and O–H groups in total. The van der Waals surface area contributed by atoms with E-state index in [-0.39, 0.29) is 18.9 Å². The number of benzene rings is 1.